The fourth-order valence-electron chi connectivity index (χ4n) is 2.07. The lowest BCUT2D eigenvalue weighted by molar-refractivity contribution is -0.137. The van der Waals surface area contributed by atoms with Gasteiger partial charge < -0.3 is 5.32 Å². The van der Waals surface area contributed by atoms with E-state index in [1.165, 1.54) is 6.20 Å². The molecule has 3 aromatic heterocycles. The first kappa shape index (κ1) is 17.1. The number of thiazole rings is 1. The zero-order valence-electron chi connectivity index (χ0n) is 12.9. The molecule has 25 heavy (non-hydrogen) atoms. The number of pyridine rings is 2. The molecular formula is C15H12F3N5OS. The molecule has 10 heteroatoms. The molecular weight excluding hydrogens is 355 g/mol. The van der Waals surface area contributed by atoms with E-state index >= 15 is 0 Å². The number of fused-ring (bicyclic) bond motifs is 1. The van der Waals surface area contributed by atoms with Crippen LogP contribution in [0, 0.1) is 0 Å². The van der Waals surface area contributed by atoms with Crippen molar-refractivity contribution in [1.82, 2.24) is 20.3 Å². The van der Waals surface area contributed by atoms with Crippen molar-refractivity contribution in [1.29, 1.82) is 0 Å². The van der Waals surface area contributed by atoms with Gasteiger partial charge in [-0.25, -0.2) is 14.8 Å². The number of halogens is 3. The second-order valence-electron chi connectivity index (χ2n) is 4.98. The number of urea groups is 1. The second-order valence-corrected chi connectivity index (χ2v) is 5.96. The monoisotopic (exact) mass is 367 g/mol. The minimum Gasteiger partial charge on any atom is -0.338 e. The smallest absolute Gasteiger partial charge is 0.338 e. The van der Waals surface area contributed by atoms with Gasteiger partial charge in [0, 0.05) is 24.5 Å². The van der Waals surface area contributed by atoms with Crippen LogP contribution in [0.15, 0.2) is 30.6 Å². The summed E-state index contributed by atoms with van der Waals surface area (Å²) < 4.78 is 38.4. The van der Waals surface area contributed by atoms with Crippen LogP contribution < -0.4 is 10.6 Å². The first-order chi connectivity index (χ1) is 11.9. The fourth-order valence-corrected chi connectivity index (χ4v) is 2.90. The van der Waals surface area contributed by atoms with E-state index in [9.17, 15) is 18.0 Å². The molecule has 0 aliphatic carbocycles. The Bertz CT molecular complexity index is 925. The predicted molar refractivity (Wildman–Crippen MR) is 88.3 cm³/mol. The fraction of sp³-hybridized carbons (Fsp3) is 0.200. The summed E-state index contributed by atoms with van der Waals surface area (Å²) >= 11 is 1.13. The molecule has 0 aliphatic rings. The topological polar surface area (TPSA) is 79.8 Å². The molecule has 0 atom stereocenters. The summed E-state index contributed by atoms with van der Waals surface area (Å²) in [6.45, 7) is 2.26. The van der Waals surface area contributed by atoms with E-state index in [2.05, 4.69) is 25.6 Å². The van der Waals surface area contributed by atoms with Gasteiger partial charge in [-0.2, -0.15) is 13.2 Å². The highest BCUT2D eigenvalue weighted by atomic mass is 32.1. The Balaban J connectivity index is 1.92. The lowest BCUT2D eigenvalue weighted by Gasteiger charge is -2.07. The molecule has 2 N–H and O–H groups in total. The summed E-state index contributed by atoms with van der Waals surface area (Å²) in [4.78, 5) is 24.2. The van der Waals surface area contributed by atoms with Gasteiger partial charge in [0.15, 0.2) is 5.13 Å². The molecule has 3 rings (SSSR count). The third-order valence-electron chi connectivity index (χ3n) is 3.17. The molecule has 2 amide bonds. The van der Waals surface area contributed by atoms with Gasteiger partial charge in [-0.1, -0.05) is 11.3 Å². The largest absolute Gasteiger partial charge is 0.417 e. The number of carbonyl (C=O) groups is 1. The summed E-state index contributed by atoms with van der Waals surface area (Å²) in [5.41, 5.74) is 0.304. The number of alkyl halides is 3. The first-order valence-electron chi connectivity index (χ1n) is 7.22. The molecule has 0 radical (unpaired) electrons. The predicted octanol–water partition coefficient (Wildman–Crippen LogP) is 3.91. The van der Waals surface area contributed by atoms with Crippen LogP contribution in [0.25, 0.3) is 21.6 Å². The van der Waals surface area contributed by atoms with Crippen molar-refractivity contribution in [3.8, 4) is 11.3 Å². The summed E-state index contributed by atoms with van der Waals surface area (Å²) in [5, 5.41) is 5.51. The minimum absolute atomic E-state index is 0.253. The number of aromatic nitrogens is 3. The number of hydrogen-bond acceptors (Lipinski definition) is 5. The molecule has 6 nitrogen and oxygen atoms in total. The highest BCUT2D eigenvalue weighted by Crippen LogP contribution is 2.32. The van der Waals surface area contributed by atoms with Crippen LogP contribution in [0.3, 0.4) is 0 Å². The Morgan fingerprint density at radius 3 is 2.76 bits per heavy atom. The van der Waals surface area contributed by atoms with Crippen LogP contribution in [-0.2, 0) is 6.18 Å². The van der Waals surface area contributed by atoms with Gasteiger partial charge in [-0.3, -0.25) is 10.3 Å². The molecule has 0 fully saturated rings. The second kappa shape index (κ2) is 6.63. The molecule has 0 spiro atoms. The normalized spacial score (nSPS) is 11.5. The zero-order chi connectivity index (χ0) is 18.0. The Labute approximate surface area is 144 Å². The minimum atomic E-state index is -4.47. The Hall–Kier alpha value is -2.75. The maximum Gasteiger partial charge on any atom is 0.417 e. The Morgan fingerprint density at radius 2 is 2.04 bits per heavy atom. The van der Waals surface area contributed by atoms with Gasteiger partial charge in [0.05, 0.1) is 11.3 Å². The molecule has 0 saturated carbocycles. The molecule has 0 saturated heterocycles. The van der Waals surface area contributed by atoms with Gasteiger partial charge in [-0.05, 0) is 25.1 Å². The highest BCUT2D eigenvalue weighted by molar-refractivity contribution is 7.21. The number of carbonyl (C=O) groups excluding carboxylic acids is 1. The van der Waals surface area contributed by atoms with Crippen molar-refractivity contribution < 1.29 is 18.0 Å². The van der Waals surface area contributed by atoms with Crippen molar-refractivity contribution in [2.75, 3.05) is 11.9 Å². The molecule has 0 aliphatic heterocycles. The van der Waals surface area contributed by atoms with Crippen LogP contribution in [0.2, 0.25) is 0 Å². The van der Waals surface area contributed by atoms with Gasteiger partial charge >= 0.3 is 12.2 Å². The molecule has 0 unspecified atom stereocenters. The number of rotatable bonds is 3. The van der Waals surface area contributed by atoms with Crippen LogP contribution in [0.4, 0.5) is 23.1 Å². The van der Waals surface area contributed by atoms with E-state index in [0.29, 0.717) is 27.7 Å². The SMILES string of the molecule is CCNC(=O)Nc1nc2ccc(-c3cncc(C(F)(F)F)c3)nc2s1. The van der Waals surface area contributed by atoms with E-state index in [4.69, 9.17) is 0 Å². The van der Waals surface area contributed by atoms with E-state index in [-0.39, 0.29) is 11.6 Å². The molecule has 0 aromatic carbocycles. The third-order valence-corrected chi connectivity index (χ3v) is 4.06. The van der Waals surface area contributed by atoms with Crippen LogP contribution in [0.5, 0.6) is 0 Å². The number of hydrogen-bond donors (Lipinski definition) is 2. The quantitative estimate of drug-likeness (QED) is 0.735. The van der Waals surface area contributed by atoms with E-state index in [1.807, 2.05) is 0 Å². The molecule has 130 valence electrons. The zero-order valence-corrected chi connectivity index (χ0v) is 13.7. The van der Waals surface area contributed by atoms with E-state index in [1.54, 1.807) is 19.1 Å². The van der Waals surface area contributed by atoms with Gasteiger partial charge in [0.25, 0.3) is 0 Å². The van der Waals surface area contributed by atoms with Crippen molar-refractivity contribution in [2.45, 2.75) is 13.1 Å². The van der Waals surface area contributed by atoms with E-state index < -0.39 is 11.7 Å². The molecule has 0 bridgehead atoms. The van der Waals surface area contributed by atoms with Crippen LogP contribution >= 0.6 is 11.3 Å². The van der Waals surface area contributed by atoms with E-state index in [0.717, 1.165) is 23.6 Å². The summed E-state index contributed by atoms with van der Waals surface area (Å²) in [6.07, 6.45) is -2.39. The Kier molecular flexibility index (Phi) is 4.53. The van der Waals surface area contributed by atoms with Crippen molar-refractivity contribution in [3.05, 3.63) is 36.2 Å². The summed E-state index contributed by atoms with van der Waals surface area (Å²) in [6, 6.07) is 3.81. The highest BCUT2D eigenvalue weighted by Gasteiger charge is 2.31. The maximum atomic E-state index is 12.8. The molecule has 3 aromatic rings. The Morgan fingerprint density at radius 1 is 1.24 bits per heavy atom. The van der Waals surface area contributed by atoms with Gasteiger partial charge in [-0.15, -0.1) is 0 Å². The molecule has 3 heterocycles. The standard InChI is InChI=1S/C15H12F3N5OS/c1-2-20-13(24)23-14-22-11-4-3-10(21-12(11)25-14)8-5-9(7-19-6-8)15(16,17)18/h3-7H,2H2,1H3,(H2,20,22,23,24). The van der Waals surface area contributed by atoms with Crippen molar-refractivity contribution >= 4 is 32.8 Å². The van der Waals surface area contributed by atoms with Gasteiger partial charge in [0.1, 0.15) is 10.3 Å². The van der Waals surface area contributed by atoms with Crippen LogP contribution in [-0.4, -0.2) is 27.5 Å². The number of nitrogens with zero attached hydrogens (tertiary/aromatic N) is 3. The van der Waals surface area contributed by atoms with Crippen LogP contribution in [0.1, 0.15) is 12.5 Å². The van der Waals surface area contributed by atoms with Crippen molar-refractivity contribution in [3.63, 3.8) is 0 Å². The lowest BCUT2D eigenvalue weighted by atomic mass is 10.1. The average Bonchev–Trinajstić information content (AvgIpc) is 2.95. The number of anilines is 1. The van der Waals surface area contributed by atoms with Crippen molar-refractivity contribution in [2.24, 2.45) is 0 Å². The summed E-state index contributed by atoms with van der Waals surface area (Å²) in [7, 11) is 0. The number of nitrogens with one attached hydrogen (secondary N) is 2. The lowest BCUT2D eigenvalue weighted by Crippen LogP contribution is -2.28. The third kappa shape index (κ3) is 3.85. The first-order valence-corrected chi connectivity index (χ1v) is 8.03. The summed E-state index contributed by atoms with van der Waals surface area (Å²) in [5.74, 6) is 0. The number of amides is 2. The maximum absolute atomic E-state index is 12.8. The average molecular weight is 367 g/mol. The van der Waals surface area contributed by atoms with Gasteiger partial charge in [0.2, 0.25) is 0 Å².